The lowest BCUT2D eigenvalue weighted by molar-refractivity contribution is -0.136. The van der Waals surface area contributed by atoms with Crippen molar-refractivity contribution in [1.82, 2.24) is 0 Å². The average Bonchev–Trinajstić information content (AvgIpc) is 2.70. The maximum atomic E-state index is 13.0. The van der Waals surface area contributed by atoms with Crippen molar-refractivity contribution < 1.29 is 9.53 Å². The Morgan fingerprint density at radius 3 is 2.23 bits per heavy atom. The van der Waals surface area contributed by atoms with E-state index in [4.69, 9.17) is 4.74 Å². The van der Waals surface area contributed by atoms with Crippen molar-refractivity contribution in [3.05, 3.63) is 96.1 Å². The third-order valence-electron chi connectivity index (χ3n) is 5.05. The van der Waals surface area contributed by atoms with E-state index in [1.165, 1.54) is 5.56 Å². The van der Waals surface area contributed by atoms with Crippen LogP contribution in [0.3, 0.4) is 0 Å². The summed E-state index contributed by atoms with van der Waals surface area (Å²) in [6.07, 6.45) is 0.698. The standard InChI is InChI=1S/C23H21NO2/c1-24-21-15-9-8-14-19(21)20(16-22(24)17-10-4-2-5-11-17)23(25)26-18-12-6-3-7-13-18/h2-15,20,22H,16H2,1H3. The normalized spacial score (nSPS) is 18.9. The summed E-state index contributed by atoms with van der Waals surface area (Å²) in [5, 5.41) is 0. The first-order chi connectivity index (χ1) is 12.7. The molecule has 0 fully saturated rings. The molecule has 0 amide bonds. The van der Waals surface area contributed by atoms with Crippen molar-refractivity contribution in [1.29, 1.82) is 0 Å². The molecule has 2 unspecified atom stereocenters. The van der Waals surface area contributed by atoms with E-state index in [0.29, 0.717) is 12.2 Å². The summed E-state index contributed by atoms with van der Waals surface area (Å²) < 4.78 is 5.67. The summed E-state index contributed by atoms with van der Waals surface area (Å²) in [5.74, 6) is 0.107. The summed E-state index contributed by atoms with van der Waals surface area (Å²) in [6.45, 7) is 0. The predicted octanol–water partition coefficient (Wildman–Crippen LogP) is 4.96. The van der Waals surface area contributed by atoms with Gasteiger partial charge in [-0.1, -0.05) is 66.7 Å². The zero-order valence-corrected chi connectivity index (χ0v) is 14.7. The molecule has 1 aliphatic heterocycles. The molecule has 130 valence electrons. The Balaban J connectivity index is 1.69. The monoisotopic (exact) mass is 343 g/mol. The number of carbonyl (C=O) groups is 1. The molecule has 2 atom stereocenters. The fourth-order valence-corrected chi connectivity index (χ4v) is 3.71. The van der Waals surface area contributed by atoms with E-state index < -0.39 is 0 Å². The minimum Gasteiger partial charge on any atom is -0.426 e. The maximum Gasteiger partial charge on any atom is 0.318 e. The second-order valence-corrected chi connectivity index (χ2v) is 6.62. The number of anilines is 1. The van der Waals surface area contributed by atoms with Crippen LogP contribution in [0.4, 0.5) is 5.69 Å². The Morgan fingerprint density at radius 1 is 0.885 bits per heavy atom. The van der Waals surface area contributed by atoms with Gasteiger partial charge in [0.25, 0.3) is 0 Å². The number of nitrogens with zero attached hydrogens (tertiary/aromatic N) is 1. The van der Waals surface area contributed by atoms with Crippen LogP contribution in [0.15, 0.2) is 84.9 Å². The van der Waals surface area contributed by atoms with Crippen molar-refractivity contribution in [2.45, 2.75) is 18.4 Å². The number of carbonyl (C=O) groups excluding carboxylic acids is 1. The van der Waals surface area contributed by atoms with E-state index >= 15 is 0 Å². The lowest BCUT2D eigenvalue weighted by Gasteiger charge is -2.39. The van der Waals surface area contributed by atoms with E-state index in [-0.39, 0.29) is 17.9 Å². The van der Waals surface area contributed by atoms with Gasteiger partial charge in [0.05, 0.1) is 12.0 Å². The van der Waals surface area contributed by atoms with E-state index in [1.54, 1.807) is 0 Å². The second kappa shape index (κ2) is 7.04. The van der Waals surface area contributed by atoms with Gasteiger partial charge in [-0.2, -0.15) is 0 Å². The van der Waals surface area contributed by atoms with Crippen molar-refractivity contribution in [2.24, 2.45) is 0 Å². The van der Waals surface area contributed by atoms with Gasteiger partial charge in [-0.15, -0.1) is 0 Å². The molecule has 0 saturated carbocycles. The quantitative estimate of drug-likeness (QED) is 0.497. The third kappa shape index (κ3) is 3.08. The SMILES string of the molecule is CN1c2ccccc2C(C(=O)Oc2ccccc2)CC1c1ccccc1. The van der Waals surface area contributed by atoms with E-state index in [2.05, 4.69) is 30.1 Å². The molecule has 0 aromatic heterocycles. The third-order valence-corrected chi connectivity index (χ3v) is 5.05. The first-order valence-corrected chi connectivity index (χ1v) is 8.87. The van der Waals surface area contributed by atoms with E-state index in [1.807, 2.05) is 66.7 Å². The highest BCUT2D eigenvalue weighted by Gasteiger charge is 2.36. The summed E-state index contributed by atoms with van der Waals surface area (Å²) >= 11 is 0. The van der Waals surface area contributed by atoms with Crippen LogP contribution in [-0.2, 0) is 4.79 Å². The molecule has 0 saturated heterocycles. The number of ether oxygens (including phenoxy) is 1. The Morgan fingerprint density at radius 2 is 1.50 bits per heavy atom. The van der Waals surface area contributed by atoms with Gasteiger partial charge in [0.1, 0.15) is 5.75 Å². The number of rotatable bonds is 3. The molecule has 0 N–H and O–H groups in total. The number of hydrogen-bond acceptors (Lipinski definition) is 3. The molecule has 3 aromatic carbocycles. The van der Waals surface area contributed by atoms with Gasteiger partial charge in [0, 0.05) is 12.7 Å². The number of esters is 1. The van der Waals surface area contributed by atoms with Gasteiger partial charge in [-0.25, -0.2) is 0 Å². The summed E-state index contributed by atoms with van der Waals surface area (Å²) in [5.41, 5.74) is 3.33. The molecule has 26 heavy (non-hydrogen) atoms. The molecule has 0 bridgehead atoms. The topological polar surface area (TPSA) is 29.5 Å². The van der Waals surface area contributed by atoms with Crippen molar-refractivity contribution >= 4 is 11.7 Å². The van der Waals surface area contributed by atoms with Gasteiger partial charge in [-0.05, 0) is 35.7 Å². The summed E-state index contributed by atoms with van der Waals surface area (Å²) in [7, 11) is 2.09. The van der Waals surface area contributed by atoms with Crippen LogP contribution < -0.4 is 9.64 Å². The smallest absolute Gasteiger partial charge is 0.318 e. The summed E-state index contributed by atoms with van der Waals surface area (Å²) in [6, 6.07) is 27.9. The number of hydrogen-bond donors (Lipinski definition) is 0. The van der Waals surface area contributed by atoms with Crippen LogP contribution in [0.2, 0.25) is 0 Å². The maximum absolute atomic E-state index is 13.0. The fraction of sp³-hybridized carbons (Fsp3) is 0.174. The molecule has 0 spiro atoms. The lowest BCUT2D eigenvalue weighted by Crippen LogP contribution is -2.35. The molecule has 4 rings (SSSR count). The van der Waals surface area contributed by atoms with Gasteiger partial charge in [0.2, 0.25) is 0 Å². The molecule has 0 radical (unpaired) electrons. The van der Waals surface area contributed by atoms with Crippen LogP contribution in [0.5, 0.6) is 5.75 Å². The van der Waals surface area contributed by atoms with Gasteiger partial charge < -0.3 is 9.64 Å². The second-order valence-electron chi connectivity index (χ2n) is 6.62. The van der Waals surface area contributed by atoms with Gasteiger partial charge >= 0.3 is 5.97 Å². The molecule has 1 aliphatic rings. The highest BCUT2D eigenvalue weighted by atomic mass is 16.5. The Kier molecular flexibility index (Phi) is 4.44. The number of para-hydroxylation sites is 2. The molecule has 3 aromatic rings. The fourth-order valence-electron chi connectivity index (χ4n) is 3.71. The lowest BCUT2D eigenvalue weighted by atomic mass is 9.83. The molecule has 3 nitrogen and oxygen atoms in total. The number of benzene rings is 3. The summed E-state index contributed by atoms with van der Waals surface area (Å²) in [4.78, 5) is 15.2. The predicted molar refractivity (Wildman–Crippen MR) is 103 cm³/mol. The molecule has 3 heteroatoms. The Labute approximate surface area is 153 Å². The van der Waals surface area contributed by atoms with Crippen LogP contribution in [0.25, 0.3) is 0 Å². The van der Waals surface area contributed by atoms with Crippen molar-refractivity contribution in [3.63, 3.8) is 0 Å². The van der Waals surface area contributed by atoms with Gasteiger partial charge in [0.15, 0.2) is 0 Å². The zero-order valence-electron chi connectivity index (χ0n) is 14.7. The largest absolute Gasteiger partial charge is 0.426 e. The van der Waals surface area contributed by atoms with Crippen LogP contribution in [0.1, 0.15) is 29.5 Å². The molecule has 1 heterocycles. The van der Waals surface area contributed by atoms with Crippen LogP contribution in [0, 0.1) is 0 Å². The van der Waals surface area contributed by atoms with E-state index in [9.17, 15) is 4.79 Å². The molecule has 0 aliphatic carbocycles. The molecular formula is C23H21NO2. The highest BCUT2D eigenvalue weighted by molar-refractivity contribution is 5.84. The first kappa shape index (κ1) is 16.4. The number of fused-ring (bicyclic) bond motifs is 1. The Bertz CT molecular complexity index is 892. The molecular weight excluding hydrogens is 322 g/mol. The average molecular weight is 343 g/mol. The Hall–Kier alpha value is -3.07. The van der Waals surface area contributed by atoms with Gasteiger partial charge in [-0.3, -0.25) is 4.79 Å². The highest BCUT2D eigenvalue weighted by Crippen LogP contribution is 2.44. The van der Waals surface area contributed by atoms with Crippen molar-refractivity contribution in [3.8, 4) is 5.75 Å². The van der Waals surface area contributed by atoms with Crippen LogP contribution >= 0.6 is 0 Å². The minimum absolute atomic E-state index is 0.138. The zero-order chi connectivity index (χ0) is 17.9. The van der Waals surface area contributed by atoms with Crippen molar-refractivity contribution in [2.75, 3.05) is 11.9 Å². The first-order valence-electron chi connectivity index (χ1n) is 8.87. The van der Waals surface area contributed by atoms with E-state index in [0.717, 1.165) is 11.3 Å². The minimum atomic E-state index is -0.284. The van der Waals surface area contributed by atoms with Crippen LogP contribution in [-0.4, -0.2) is 13.0 Å².